The van der Waals surface area contributed by atoms with E-state index in [2.05, 4.69) is 11.6 Å². The quantitative estimate of drug-likeness (QED) is 0.408. The van der Waals surface area contributed by atoms with E-state index in [1.54, 1.807) is 12.1 Å². The Labute approximate surface area is 161 Å². The third-order valence-corrected chi connectivity index (χ3v) is 6.59. The summed E-state index contributed by atoms with van der Waals surface area (Å²) in [5.41, 5.74) is 0.810. The molecule has 2 aromatic carbocycles. The van der Waals surface area contributed by atoms with Crippen molar-refractivity contribution in [3.63, 3.8) is 0 Å². The minimum Gasteiger partial charge on any atom is -0.312 e. The minimum absolute atomic E-state index is 0.324. The number of nitrogens with zero attached hydrogens (tertiary/aromatic N) is 2. The van der Waals surface area contributed by atoms with Crippen LogP contribution in [0.4, 0.5) is 4.39 Å². The van der Waals surface area contributed by atoms with Gasteiger partial charge in [-0.05, 0) is 24.3 Å². The number of allylic oxidation sites excluding steroid dienone is 1. The summed E-state index contributed by atoms with van der Waals surface area (Å²) >= 11 is 8.96. The number of fused-ring (bicyclic) bond motifs is 2. The molecule has 4 aromatic rings. The van der Waals surface area contributed by atoms with Crippen molar-refractivity contribution in [3.05, 3.63) is 75.6 Å². The Morgan fingerprint density at radius 1 is 1.23 bits per heavy atom. The van der Waals surface area contributed by atoms with Gasteiger partial charge in [-0.25, -0.2) is 4.39 Å². The van der Waals surface area contributed by atoms with Crippen molar-refractivity contribution in [2.24, 2.45) is 4.99 Å². The second-order valence-corrected chi connectivity index (χ2v) is 7.99. The van der Waals surface area contributed by atoms with Crippen LogP contribution in [0.15, 0.2) is 60.1 Å². The second kappa shape index (κ2) is 6.79. The van der Waals surface area contributed by atoms with E-state index in [1.807, 2.05) is 28.8 Å². The molecule has 2 heterocycles. The molecule has 26 heavy (non-hydrogen) atoms. The normalized spacial score (nSPS) is 12.2. The van der Waals surface area contributed by atoms with Crippen LogP contribution >= 0.6 is 34.3 Å². The van der Waals surface area contributed by atoms with Gasteiger partial charge in [0.1, 0.15) is 10.7 Å². The number of hydrogen-bond acceptors (Lipinski definition) is 3. The van der Waals surface area contributed by atoms with Crippen molar-refractivity contribution in [3.8, 4) is 0 Å². The largest absolute Gasteiger partial charge is 0.312 e. The molecule has 0 aliphatic heterocycles. The van der Waals surface area contributed by atoms with Crippen LogP contribution in [-0.4, -0.2) is 10.5 Å². The van der Waals surface area contributed by atoms with Crippen LogP contribution in [0.25, 0.3) is 20.3 Å². The number of thiophene rings is 1. The Kier molecular flexibility index (Phi) is 4.48. The first kappa shape index (κ1) is 17.1. The van der Waals surface area contributed by atoms with Crippen molar-refractivity contribution in [1.29, 1.82) is 0 Å². The molecule has 0 saturated heterocycles. The van der Waals surface area contributed by atoms with Crippen LogP contribution < -0.4 is 4.80 Å². The molecule has 0 aliphatic rings. The number of thiazole rings is 1. The van der Waals surface area contributed by atoms with Gasteiger partial charge < -0.3 is 4.57 Å². The standard InChI is InChI=1S/C19H12ClFN2OS2/c1-2-9-23-13-8-7-11(21)10-15(13)26-19(23)22-18(24)17-16(20)12-5-3-4-6-14(12)25-17/h2-8,10H,1,9H2. The molecule has 7 heteroatoms. The predicted octanol–water partition coefficient (Wildman–Crippen LogP) is 5.64. The number of hydrogen-bond donors (Lipinski definition) is 0. The zero-order chi connectivity index (χ0) is 18.3. The van der Waals surface area contributed by atoms with E-state index in [1.165, 1.54) is 34.8 Å². The molecule has 130 valence electrons. The van der Waals surface area contributed by atoms with E-state index in [-0.39, 0.29) is 5.82 Å². The Morgan fingerprint density at radius 2 is 2.04 bits per heavy atom. The number of benzene rings is 2. The van der Waals surface area contributed by atoms with E-state index in [4.69, 9.17) is 11.6 Å². The molecule has 0 radical (unpaired) electrons. The van der Waals surface area contributed by atoms with Crippen LogP contribution in [-0.2, 0) is 6.54 Å². The summed E-state index contributed by atoms with van der Waals surface area (Å²) in [6.45, 7) is 4.22. The van der Waals surface area contributed by atoms with Crippen molar-refractivity contribution in [2.45, 2.75) is 6.54 Å². The SMILES string of the molecule is C=CCn1c(=NC(=O)c2sc3ccccc3c2Cl)sc2cc(F)ccc21. The van der Waals surface area contributed by atoms with Crippen LogP contribution in [0.3, 0.4) is 0 Å². The lowest BCUT2D eigenvalue weighted by Gasteiger charge is -2.00. The number of carbonyl (C=O) groups is 1. The van der Waals surface area contributed by atoms with Gasteiger partial charge in [0.15, 0.2) is 4.80 Å². The van der Waals surface area contributed by atoms with Crippen LogP contribution in [0.5, 0.6) is 0 Å². The Hall–Kier alpha value is -2.28. The van der Waals surface area contributed by atoms with Gasteiger partial charge in [-0.1, -0.05) is 47.2 Å². The van der Waals surface area contributed by atoms with Crippen LogP contribution in [0.2, 0.25) is 5.02 Å². The third kappa shape index (κ3) is 2.90. The van der Waals surface area contributed by atoms with Crippen molar-refractivity contribution >= 4 is 60.5 Å². The van der Waals surface area contributed by atoms with Crippen molar-refractivity contribution < 1.29 is 9.18 Å². The molecule has 0 fully saturated rings. The fourth-order valence-corrected chi connectivity index (χ4v) is 5.19. The molecule has 3 nitrogen and oxygen atoms in total. The molecule has 1 amide bonds. The third-order valence-electron chi connectivity index (χ3n) is 3.88. The van der Waals surface area contributed by atoms with E-state index in [0.29, 0.717) is 21.2 Å². The van der Waals surface area contributed by atoms with Gasteiger partial charge in [0.05, 0.1) is 15.2 Å². The fourth-order valence-electron chi connectivity index (χ4n) is 2.73. The first-order valence-electron chi connectivity index (χ1n) is 7.74. The van der Waals surface area contributed by atoms with Crippen molar-refractivity contribution in [1.82, 2.24) is 4.57 Å². The number of rotatable bonds is 3. The number of amides is 1. The summed E-state index contributed by atoms with van der Waals surface area (Å²) < 4.78 is 17.0. The number of carbonyl (C=O) groups excluding carboxylic acids is 1. The average Bonchev–Trinajstić information content (AvgIpc) is 3.13. The number of aromatic nitrogens is 1. The number of halogens is 2. The highest BCUT2D eigenvalue weighted by molar-refractivity contribution is 7.21. The summed E-state index contributed by atoms with van der Waals surface area (Å²) in [4.78, 5) is 17.9. The van der Waals surface area contributed by atoms with Gasteiger partial charge in [0.2, 0.25) is 0 Å². The maximum atomic E-state index is 13.5. The van der Waals surface area contributed by atoms with Gasteiger partial charge in [-0.2, -0.15) is 4.99 Å². The maximum Gasteiger partial charge on any atom is 0.291 e. The smallest absolute Gasteiger partial charge is 0.291 e. The molecule has 2 aromatic heterocycles. The summed E-state index contributed by atoms with van der Waals surface area (Å²) in [5.74, 6) is -0.726. The highest BCUT2D eigenvalue weighted by Gasteiger charge is 2.17. The highest BCUT2D eigenvalue weighted by Crippen LogP contribution is 2.35. The fraction of sp³-hybridized carbons (Fsp3) is 0.0526. The molecule has 0 bridgehead atoms. The molecule has 4 rings (SSSR count). The highest BCUT2D eigenvalue weighted by atomic mass is 35.5. The molecule has 0 N–H and O–H groups in total. The molecule has 0 saturated carbocycles. The lowest BCUT2D eigenvalue weighted by atomic mass is 10.2. The Morgan fingerprint density at radius 3 is 2.81 bits per heavy atom. The summed E-state index contributed by atoms with van der Waals surface area (Å²) in [6, 6.07) is 12.1. The molecule has 0 spiro atoms. The van der Waals surface area contributed by atoms with Crippen LogP contribution in [0, 0.1) is 5.82 Å². The lowest BCUT2D eigenvalue weighted by Crippen LogP contribution is -2.16. The molecular formula is C19H12ClFN2OS2. The lowest BCUT2D eigenvalue weighted by molar-refractivity contribution is 0.100. The molecule has 0 aliphatic carbocycles. The van der Waals surface area contributed by atoms with Gasteiger partial charge >= 0.3 is 0 Å². The molecular weight excluding hydrogens is 391 g/mol. The first-order chi connectivity index (χ1) is 12.6. The van der Waals surface area contributed by atoms with Gasteiger partial charge in [0, 0.05) is 16.6 Å². The van der Waals surface area contributed by atoms with E-state index in [9.17, 15) is 9.18 Å². The maximum absolute atomic E-state index is 13.5. The zero-order valence-corrected chi connectivity index (χ0v) is 15.8. The molecule has 0 atom stereocenters. The predicted molar refractivity (Wildman–Crippen MR) is 107 cm³/mol. The Bertz CT molecular complexity index is 1240. The second-order valence-electron chi connectivity index (χ2n) is 5.55. The van der Waals surface area contributed by atoms with Gasteiger partial charge in [-0.3, -0.25) is 4.79 Å². The van der Waals surface area contributed by atoms with Gasteiger partial charge in [-0.15, -0.1) is 17.9 Å². The van der Waals surface area contributed by atoms with E-state index < -0.39 is 5.91 Å². The summed E-state index contributed by atoms with van der Waals surface area (Å²) in [7, 11) is 0. The monoisotopic (exact) mass is 402 g/mol. The van der Waals surface area contributed by atoms with Crippen LogP contribution in [0.1, 0.15) is 9.67 Å². The first-order valence-corrected chi connectivity index (χ1v) is 9.75. The zero-order valence-electron chi connectivity index (χ0n) is 13.4. The average molecular weight is 403 g/mol. The van der Waals surface area contributed by atoms with E-state index in [0.717, 1.165) is 20.3 Å². The minimum atomic E-state index is -0.402. The summed E-state index contributed by atoms with van der Waals surface area (Å²) in [5, 5.41) is 1.26. The summed E-state index contributed by atoms with van der Waals surface area (Å²) in [6.07, 6.45) is 1.71. The van der Waals surface area contributed by atoms with Crippen molar-refractivity contribution in [2.75, 3.05) is 0 Å². The van der Waals surface area contributed by atoms with E-state index >= 15 is 0 Å². The van der Waals surface area contributed by atoms with Gasteiger partial charge in [0.25, 0.3) is 5.91 Å². The topological polar surface area (TPSA) is 34.4 Å². The Balaban J connectivity index is 1.89. The molecule has 0 unspecified atom stereocenters.